The van der Waals surface area contributed by atoms with Crippen molar-refractivity contribution in [1.82, 2.24) is 14.7 Å². The van der Waals surface area contributed by atoms with Gasteiger partial charge in [0.15, 0.2) is 0 Å². The predicted molar refractivity (Wildman–Crippen MR) is 111 cm³/mol. The molecule has 0 N–H and O–H groups in total. The molecule has 0 saturated carbocycles. The Hall–Kier alpha value is -3.36. The largest absolute Gasteiger partial charge is 0.416 e. The van der Waals surface area contributed by atoms with E-state index in [1.165, 1.54) is 10.7 Å². The Morgan fingerprint density at radius 2 is 1.74 bits per heavy atom. The first kappa shape index (κ1) is 20.9. The van der Waals surface area contributed by atoms with Gasteiger partial charge in [0, 0.05) is 43.7 Å². The predicted octanol–water partition coefficient (Wildman–Crippen LogP) is 3.15. The van der Waals surface area contributed by atoms with Crippen LogP contribution in [0.4, 0.5) is 18.9 Å². The van der Waals surface area contributed by atoms with Crippen molar-refractivity contribution in [3.8, 4) is 0 Å². The molecule has 31 heavy (non-hydrogen) atoms. The van der Waals surface area contributed by atoms with Gasteiger partial charge in [0.1, 0.15) is 0 Å². The van der Waals surface area contributed by atoms with Crippen LogP contribution >= 0.6 is 0 Å². The normalized spacial score (nSPS) is 14.8. The number of amides is 1. The van der Waals surface area contributed by atoms with Gasteiger partial charge in [0.2, 0.25) is 5.91 Å². The molecule has 1 amide bonds. The maximum atomic E-state index is 12.9. The van der Waals surface area contributed by atoms with Gasteiger partial charge in [-0.25, -0.2) is 4.68 Å². The van der Waals surface area contributed by atoms with E-state index < -0.39 is 11.7 Å². The minimum absolute atomic E-state index is 0.106. The van der Waals surface area contributed by atoms with Crippen molar-refractivity contribution >= 4 is 22.4 Å². The number of carbonyl (C=O) groups is 1. The van der Waals surface area contributed by atoms with E-state index >= 15 is 0 Å². The van der Waals surface area contributed by atoms with Crippen LogP contribution in [0.5, 0.6) is 0 Å². The van der Waals surface area contributed by atoms with Gasteiger partial charge in [-0.2, -0.15) is 18.3 Å². The lowest BCUT2D eigenvalue weighted by molar-refractivity contribution is -0.137. The molecular formula is C22H21F3N4O2. The number of hydrogen-bond acceptors (Lipinski definition) is 4. The number of alkyl halides is 3. The molecule has 2 heterocycles. The van der Waals surface area contributed by atoms with Crippen molar-refractivity contribution in [2.75, 3.05) is 31.1 Å². The molecule has 0 atom stereocenters. The average molecular weight is 430 g/mol. The third-order valence-electron chi connectivity index (χ3n) is 5.47. The van der Waals surface area contributed by atoms with Crippen molar-refractivity contribution < 1.29 is 18.0 Å². The van der Waals surface area contributed by atoms with E-state index in [9.17, 15) is 22.8 Å². The zero-order valence-electron chi connectivity index (χ0n) is 16.7. The summed E-state index contributed by atoms with van der Waals surface area (Å²) in [5, 5.41) is 5.44. The highest BCUT2D eigenvalue weighted by molar-refractivity contribution is 5.80. The van der Waals surface area contributed by atoms with Gasteiger partial charge in [0.05, 0.1) is 23.7 Å². The van der Waals surface area contributed by atoms with Crippen LogP contribution in [0.1, 0.15) is 12.0 Å². The zero-order chi connectivity index (χ0) is 22.0. The number of halogens is 3. The van der Waals surface area contributed by atoms with E-state index in [0.717, 1.165) is 17.5 Å². The molecule has 1 aromatic heterocycles. The molecule has 2 aromatic carbocycles. The van der Waals surface area contributed by atoms with Gasteiger partial charge >= 0.3 is 6.18 Å². The molecular weight excluding hydrogens is 409 g/mol. The van der Waals surface area contributed by atoms with E-state index in [-0.39, 0.29) is 24.4 Å². The maximum absolute atomic E-state index is 12.9. The Labute approximate surface area is 176 Å². The van der Waals surface area contributed by atoms with Crippen LogP contribution in [0.3, 0.4) is 0 Å². The Bertz CT molecular complexity index is 1150. The minimum atomic E-state index is -4.39. The number of aryl methyl sites for hydroxylation is 1. The fourth-order valence-corrected chi connectivity index (χ4v) is 3.74. The SMILES string of the molecule is O=C(CCn1ncc2ccccc2c1=O)N1CCN(c2cccc(C(F)(F)F)c2)CC1. The monoisotopic (exact) mass is 430 g/mol. The Balaban J connectivity index is 1.35. The fourth-order valence-electron chi connectivity index (χ4n) is 3.74. The van der Waals surface area contributed by atoms with Crippen LogP contribution in [0.15, 0.2) is 59.5 Å². The standard InChI is InChI=1S/C22H21F3N4O2/c23-22(24,25)17-5-3-6-18(14-17)27-10-12-28(13-11-27)20(30)8-9-29-21(31)19-7-2-1-4-16(19)15-26-29/h1-7,14-15H,8-13H2. The first-order valence-electron chi connectivity index (χ1n) is 9.98. The van der Waals surface area contributed by atoms with Crippen LogP contribution in [-0.4, -0.2) is 46.8 Å². The Kier molecular flexibility index (Phi) is 5.67. The Morgan fingerprint density at radius 1 is 1.00 bits per heavy atom. The lowest BCUT2D eigenvalue weighted by atomic mass is 10.1. The highest BCUT2D eigenvalue weighted by Gasteiger charge is 2.31. The summed E-state index contributed by atoms with van der Waals surface area (Å²) in [7, 11) is 0. The van der Waals surface area contributed by atoms with Gasteiger partial charge < -0.3 is 9.80 Å². The number of anilines is 1. The number of piperazine rings is 1. The second kappa shape index (κ2) is 8.41. The number of aromatic nitrogens is 2. The van der Waals surface area contributed by atoms with E-state index in [1.54, 1.807) is 29.3 Å². The molecule has 0 unspecified atom stereocenters. The van der Waals surface area contributed by atoms with Crippen LogP contribution < -0.4 is 10.5 Å². The van der Waals surface area contributed by atoms with Gasteiger partial charge in [-0.1, -0.05) is 24.3 Å². The molecule has 9 heteroatoms. The van der Waals surface area contributed by atoms with E-state index in [4.69, 9.17) is 0 Å². The Morgan fingerprint density at radius 3 is 2.48 bits per heavy atom. The molecule has 6 nitrogen and oxygen atoms in total. The quantitative estimate of drug-likeness (QED) is 0.638. The van der Waals surface area contributed by atoms with Crippen molar-refractivity contribution in [1.29, 1.82) is 0 Å². The first-order chi connectivity index (χ1) is 14.8. The number of fused-ring (bicyclic) bond motifs is 1. The molecule has 3 aromatic rings. The molecule has 162 valence electrons. The number of rotatable bonds is 4. The van der Waals surface area contributed by atoms with Crippen LogP contribution in [0.25, 0.3) is 10.8 Å². The zero-order valence-corrected chi connectivity index (χ0v) is 16.7. The maximum Gasteiger partial charge on any atom is 0.416 e. The second-order valence-corrected chi connectivity index (χ2v) is 7.43. The van der Waals surface area contributed by atoms with Gasteiger partial charge in [-0.15, -0.1) is 0 Å². The van der Waals surface area contributed by atoms with Crippen LogP contribution in [0.2, 0.25) is 0 Å². The highest BCUT2D eigenvalue weighted by atomic mass is 19.4. The van der Waals surface area contributed by atoms with Crippen LogP contribution in [-0.2, 0) is 17.5 Å². The topological polar surface area (TPSA) is 58.4 Å². The molecule has 0 spiro atoms. The molecule has 0 radical (unpaired) electrons. The summed E-state index contributed by atoms with van der Waals surface area (Å²) in [6.07, 6.45) is -2.65. The summed E-state index contributed by atoms with van der Waals surface area (Å²) in [6, 6.07) is 12.4. The number of nitrogens with zero attached hydrogens (tertiary/aromatic N) is 4. The van der Waals surface area contributed by atoms with Gasteiger partial charge in [0.25, 0.3) is 5.56 Å². The molecule has 1 fully saturated rings. The first-order valence-corrected chi connectivity index (χ1v) is 9.98. The van der Waals surface area contributed by atoms with Crippen molar-refractivity contribution in [3.63, 3.8) is 0 Å². The fraction of sp³-hybridized carbons (Fsp3) is 0.318. The van der Waals surface area contributed by atoms with E-state index in [1.807, 2.05) is 17.0 Å². The van der Waals surface area contributed by atoms with E-state index in [2.05, 4.69) is 5.10 Å². The average Bonchev–Trinajstić information content (AvgIpc) is 2.78. The third kappa shape index (κ3) is 4.55. The summed E-state index contributed by atoms with van der Waals surface area (Å²) < 4.78 is 40.1. The third-order valence-corrected chi connectivity index (χ3v) is 5.47. The second-order valence-electron chi connectivity index (χ2n) is 7.43. The molecule has 1 aliphatic heterocycles. The summed E-state index contributed by atoms with van der Waals surface area (Å²) in [5.41, 5.74) is -0.425. The molecule has 4 rings (SSSR count). The smallest absolute Gasteiger partial charge is 0.368 e. The van der Waals surface area contributed by atoms with E-state index in [0.29, 0.717) is 37.3 Å². The number of carbonyl (C=O) groups excluding carboxylic acids is 1. The van der Waals surface area contributed by atoms with Crippen molar-refractivity contribution in [3.05, 3.63) is 70.6 Å². The minimum Gasteiger partial charge on any atom is -0.368 e. The highest BCUT2D eigenvalue weighted by Crippen LogP contribution is 2.31. The summed E-state index contributed by atoms with van der Waals surface area (Å²) in [6.45, 7) is 1.89. The molecule has 1 saturated heterocycles. The van der Waals surface area contributed by atoms with Gasteiger partial charge in [-0.3, -0.25) is 9.59 Å². The summed E-state index contributed by atoms with van der Waals surface area (Å²) in [4.78, 5) is 28.6. The van der Waals surface area contributed by atoms with Crippen molar-refractivity contribution in [2.24, 2.45) is 0 Å². The van der Waals surface area contributed by atoms with Crippen molar-refractivity contribution in [2.45, 2.75) is 19.1 Å². The van der Waals surface area contributed by atoms with Crippen LogP contribution in [0, 0.1) is 0 Å². The number of benzene rings is 2. The van der Waals surface area contributed by atoms with Gasteiger partial charge in [-0.05, 0) is 24.3 Å². The lowest BCUT2D eigenvalue weighted by Crippen LogP contribution is -2.49. The molecule has 0 aliphatic carbocycles. The molecule has 0 bridgehead atoms. The summed E-state index contributed by atoms with van der Waals surface area (Å²) >= 11 is 0. The molecule has 1 aliphatic rings. The number of hydrogen-bond donors (Lipinski definition) is 0. The summed E-state index contributed by atoms with van der Waals surface area (Å²) in [5.74, 6) is -0.106. The lowest BCUT2D eigenvalue weighted by Gasteiger charge is -2.36.